The molecule has 0 radical (unpaired) electrons. The lowest BCUT2D eigenvalue weighted by molar-refractivity contribution is 0.0526. The second-order valence-electron chi connectivity index (χ2n) is 8.74. The molecule has 0 aliphatic carbocycles. The summed E-state index contributed by atoms with van der Waals surface area (Å²) in [7, 11) is -1.13. The van der Waals surface area contributed by atoms with Crippen LogP contribution in [-0.2, 0) is 22.8 Å². The van der Waals surface area contributed by atoms with E-state index in [0.717, 1.165) is 35.2 Å². The third-order valence-corrected chi connectivity index (χ3v) is 6.68. The van der Waals surface area contributed by atoms with Crippen molar-refractivity contribution in [3.05, 3.63) is 77.9 Å². The van der Waals surface area contributed by atoms with Crippen molar-refractivity contribution in [1.82, 2.24) is 9.55 Å². The minimum atomic E-state index is -1.13. The summed E-state index contributed by atoms with van der Waals surface area (Å²) in [5.74, 6) is 0.474. The molecule has 0 saturated heterocycles. The summed E-state index contributed by atoms with van der Waals surface area (Å²) in [6.07, 6.45) is 3.36. The number of imidazole rings is 1. The van der Waals surface area contributed by atoms with E-state index < -0.39 is 8.07 Å². The van der Waals surface area contributed by atoms with Gasteiger partial charge in [-0.05, 0) is 42.3 Å². The highest BCUT2D eigenvalue weighted by Gasteiger charge is 2.18. The van der Waals surface area contributed by atoms with Gasteiger partial charge in [-0.25, -0.2) is 9.37 Å². The smallest absolute Gasteiger partial charge is 0.142 e. The number of rotatable bonds is 10. The van der Waals surface area contributed by atoms with Gasteiger partial charge in [0.15, 0.2) is 0 Å². The molecule has 1 heterocycles. The molecule has 0 aliphatic heterocycles. The number of nitrogens with zero attached hydrogens (tertiary/aromatic N) is 2. The van der Waals surface area contributed by atoms with Crippen LogP contribution in [-0.4, -0.2) is 24.2 Å². The fraction of sp³-hybridized carbons (Fsp3) is 0.375. The minimum Gasteiger partial charge on any atom is -0.369 e. The zero-order valence-corrected chi connectivity index (χ0v) is 19.3. The summed E-state index contributed by atoms with van der Waals surface area (Å²) < 4.78 is 28.0. The van der Waals surface area contributed by atoms with E-state index in [9.17, 15) is 4.39 Å². The fourth-order valence-corrected chi connectivity index (χ4v) is 3.91. The zero-order chi connectivity index (χ0) is 21.6. The molecule has 1 aromatic heterocycles. The molecule has 1 atom stereocenters. The van der Waals surface area contributed by atoms with Gasteiger partial charge in [0.05, 0.1) is 12.7 Å². The predicted molar refractivity (Wildman–Crippen MR) is 121 cm³/mol. The van der Waals surface area contributed by atoms with Gasteiger partial charge in [0.1, 0.15) is 18.4 Å². The van der Waals surface area contributed by atoms with Crippen LogP contribution in [0.1, 0.15) is 24.2 Å². The highest BCUT2D eigenvalue weighted by atomic mass is 28.3. The van der Waals surface area contributed by atoms with Crippen LogP contribution in [0, 0.1) is 5.82 Å². The van der Waals surface area contributed by atoms with E-state index in [1.54, 1.807) is 12.3 Å². The van der Waals surface area contributed by atoms with Crippen molar-refractivity contribution in [3.8, 4) is 11.4 Å². The van der Waals surface area contributed by atoms with Crippen molar-refractivity contribution in [2.45, 2.75) is 52.1 Å². The van der Waals surface area contributed by atoms with Gasteiger partial charge in [0.25, 0.3) is 0 Å². The van der Waals surface area contributed by atoms with Crippen LogP contribution in [0.15, 0.2) is 60.9 Å². The number of halogens is 1. The summed E-state index contributed by atoms with van der Waals surface area (Å²) in [6, 6.07) is 15.9. The van der Waals surface area contributed by atoms with Crippen LogP contribution in [0.5, 0.6) is 0 Å². The lowest BCUT2D eigenvalue weighted by atomic mass is 10.0. The van der Waals surface area contributed by atoms with Gasteiger partial charge in [0.2, 0.25) is 0 Å². The predicted octanol–water partition coefficient (Wildman–Crippen LogP) is 6.28. The van der Waals surface area contributed by atoms with E-state index in [0.29, 0.717) is 13.3 Å². The molecular weight excluding hydrogens is 395 g/mol. The number of hydrogen-bond donors (Lipinski definition) is 0. The van der Waals surface area contributed by atoms with Crippen LogP contribution in [0.25, 0.3) is 11.4 Å². The van der Waals surface area contributed by atoms with Crippen LogP contribution in [0.2, 0.25) is 25.7 Å². The Kier molecular flexibility index (Phi) is 7.58. The van der Waals surface area contributed by atoms with Crippen molar-refractivity contribution < 1.29 is 13.9 Å². The molecule has 4 nitrogen and oxygen atoms in total. The van der Waals surface area contributed by atoms with Crippen LogP contribution >= 0.6 is 0 Å². The first-order chi connectivity index (χ1) is 14.3. The quantitative estimate of drug-likeness (QED) is 0.283. The van der Waals surface area contributed by atoms with Gasteiger partial charge in [-0.15, -0.1) is 0 Å². The Morgan fingerprint density at radius 3 is 2.60 bits per heavy atom. The first kappa shape index (κ1) is 22.4. The highest BCUT2D eigenvalue weighted by molar-refractivity contribution is 6.76. The van der Waals surface area contributed by atoms with Gasteiger partial charge < -0.3 is 14.0 Å². The molecule has 6 heteroatoms. The maximum atomic E-state index is 14.1. The van der Waals surface area contributed by atoms with E-state index in [1.807, 2.05) is 48.0 Å². The number of benzene rings is 2. The van der Waals surface area contributed by atoms with Gasteiger partial charge in [-0.3, -0.25) is 0 Å². The molecule has 0 aliphatic rings. The Bertz CT molecular complexity index is 938. The Morgan fingerprint density at radius 2 is 1.87 bits per heavy atom. The van der Waals surface area contributed by atoms with Crippen LogP contribution in [0.3, 0.4) is 0 Å². The molecule has 2 aromatic carbocycles. The molecule has 0 spiro atoms. The van der Waals surface area contributed by atoms with Crippen molar-refractivity contribution in [1.29, 1.82) is 0 Å². The normalized spacial score (nSPS) is 12.8. The van der Waals surface area contributed by atoms with Crippen LogP contribution < -0.4 is 0 Å². The van der Waals surface area contributed by atoms with Gasteiger partial charge >= 0.3 is 0 Å². The maximum absolute atomic E-state index is 14.1. The average Bonchev–Trinajstić information content (AvgIpc) is 3.18. The maximum Gasteiger partial charge on any atom is 0.142 e. The van der Waals surface area contributed by atoms with Gasteiger partial charge in [-0.2, -0.15) is 0 Å². The molecule has 0 N–H and O–H groups in total. The molecule has 3 rings (SSSR count). The third kappa shape index (κ3) is 6.36. The zero-order valence-electron chi connectivity index (χ0n) is 18.3. The summed E-state index contributed by atoms with van der Waals surface area (Å²) in [4.78, 5) is 4.52. The number of aromatic nitrogens is 2. The standard InChI is InChI=1S/C24H31FN2O2Si/c1-19(29-17-20-8-6-5-7-9-20)23-16-21(25)10-11-22(23)24-26-12-13-27(24)18-28-14-15-30(2,3)4/h5-13,16,19H,14-15,17-18H2,1-4H3/t19-/m0/s1. The first-order valence-corrected chi connectivity index (χ1v) is 14.1. The summed E-state index contributed by atoms with van der Waals surface area (Å²) in [5, 5.41) is 0. The average molecular weight is 427 g/mol. The molecule has 3 aromatic rings. The van der Waals surface area contributed by atoms with Gasteiger partial charge in [-0.1, -0.05) is 50.0 Å². The molecule has 0 bridgehead atoms. The molecule has 0 unspecified atom stereocenters. The Hall–Kier alpha value is -2.28. The number of hydrogen-bond acceptors (Lipinski definition) is 3. The van der Waals surface area contributed by atoms with E-state index in [1.165, 1.54) is 12.1 Å². The Labute approximate surface area is 179 Å². The van der Waals surface area contributed by atoms with Crippen molar-refractivity contribution in [2.24, 2.45) is 0 Å². The first-order valence-electron chi connectivity index (χ1n) is 10.4. The molecule has 0 fully saturated rings. The second-order valence-corrected chi connectivity index (χ2v) is 14.4. The SMILES string of the molecule is C[C@H](OCc1ccccc1)c1cc(F)ccc1-c1nccn1COCC[Si](C)(C)C. The monoisotopic (exact) mass is 426 g/mol. The summed E-state index contributed by atoms with van der Waals surface area (Å²) >= 11 is 0. The molecule has 0 amide bonds. The molecular formula is C24H31FN2O2Si. The van der Waals surface area contributed by atoms with E-state index in [4.69, 9.17) is 9.47 Å². The second kappa shape index (κ2) is 10.2. The summed E-state index contributed by atoms with van der Waals surface area (Å²) in [6.45, 7) is 10.6. The van der Waals surface area contributed by atoms with Crippen molar-refractivity contribution in [3.63, 3.8) is 0 Å². The van der Waals surface area contributed by atoms with E-state index >= 15 is 0 Å². The topological polar surface area (TPSA) is 36.3 Å². The molecule has 160 valence electrons. The third-order valence-electron chi connectivity index (χ3n) is 4.98. The Morgan fingerprint density at radius 1 is 1.10 bits per heavy atom. The summed E-state index contributed by atoms with van der Waals surface area (Å²) in [5.41, 5.74) is 2.72. The van der Waals surface area contributed by atoms with Crippen molar-refractivity contribution >= 4 is 8.07 Å². The van der Waals surface area contributed by atoms with Gasteiger partial charge in [0, 0.05) is 32.6 Å². The molecule has 0 saturated carbocycles. The lowest BCUT2D eigenvalue weighted by Crippen LogP contribution is -2.22. The Balaban J connectivity index is 1.74. The lowest BCUT2D eigenvalue weighted by Gasteiger charge is -2.19. The largest absolute Gasteiger partial charge is 0.369 e. The van der Waals surface area contributed by atoms with Crippen molar-refractivity contribution in [2.75, 3.05) is 6.61 Å². The van der Waals surface area contributed by atoms with E-state index in [-0.39, 0.29) is 11.9 Å². The fourth-order valence-electron chi connectivity index (χ4n) is 3.16. The van der Waals surface area contributed by atoms with Crippen LogP contribution in [0.4, 0.5) is 4.39 Å². The highest BCUT2D eigenvalue weighted by Crippen LogP contribution is 2.30. The van der Waals surface area contributed by atoms with E-state index in [2.05, 4.69) is 24.6 Å². The number of ether oxygens (including phenoxy) is 2. The minimum absolute atomic E-state index is 0.283. The molecule has 30 heavy (non-hydrogen) atoms.